The Hall–Kier alpha value is -0.0800. The van der Waals surface area contributed by atoms with Crippen molar-refractivity contribution in [3.05, 3.63) is 0 Å². The summed E-state index contributed by atoms with van der Waals surface area (Å²) in [6.45, 7) is 22.1. The lowest BCUT2D eigenvalue weighted by Crippen LogP contribution is -2.51. The lowest BCUT2D eigenvalue weighted by Gasteiger charge is -2.49. The zero-order valence-corrected chi connectivity index (χ0v) is 18.0. The number of piperazine rings is 1. The highest BCUT2D eigenvalue weighted by molar-refractivity contribution is 5.00. The van der Waals surface area contributed by atoms with Crippen molar-refractivity contribution in [2.75, 3.05) is 39.3 Å². The second kappa shape index (κ2) is 7.15. The van der Waals surface area contributed by atoms with E-state index in [0.29, 0.717) is 10.8 Å². The van der Waals surface area contributed by atoms with Gasteiger partial charge in [0.1, 0.15) is 0 Å². The second-order valence-electron chi connectivity index (χ2n) is 12.3. The maximum Gasteiger partial charge on any atom is 0.0110 e. The summed E-state index contributed by atoms with van der Waals surface area (Å²) < 4.78 is 0. The molecule has 0 aromatic carbocycles. The first-order chi connectivity index (χ1) is 11.5. The Morgan fingerprint density at radius 1 is 0.760 bits per heavy atom. The fourth-order valence-electron chi connectivity index (χ4n) is 6.20. The molecule has 0 radical (unpaired) electrons. The van der Waals surface area contributed by atoms with Crippen molar-refractivity contribution in [2.24, 2.45) is 28.1 Å². The van der Waals surface area contributed by atoms with Crippen LogP contribution in [-0.4, -0.2) is 49.1 Å². The minimum Gasteiger partial charge on any atom is -0.301 e. The van der Waals surface area contributed by atoms with Gasteiger partial charge in [-0.25, -0.2) is 0 Å². The molecule has 2 nitrogen and oxygen atoms in total. The van der Waals surface area contributed by atoms with Crippen molar-refractivity contribution < 1.29 is 0 Å². The van der Waals surface area contributed by atoms with Crippen LogP contribution in [0.1, 0.15) is 80.1 Å². The van der Waals surface area contributed by atoms with Gasteiger partial charge in [-0.05, 0) is 66.6 Å². The van der Waals surface area contributed by atoms with Crippen LogP contribution < -0.4 is 0 Å². The van der Waals surface area contributed by atoms with E-state index >= 15 is 0 Å². The van der Waals surface area contributed by atoms with E-state index in [9.17, 15) is 0 Å². The van der Waals surface area contributed by atoms with E-state index in [1.165, 1.54) is 71.4 Å². The number of hydrogen-bond donors (Lipinski definition) is 0. The zero-order chi connectivity index (χ0) is 18.3. The molecular formula is C23H44N2. The maximum absolute atomic E-state index is 2.76. The van der Waals surface area contributed by atoms with E-state index < -0.39 is 0 Å². The molecule has 0 amide bonds. The third-order valence-corrected chi connectivity index (χ3v) is 6.83. The Bertz CT molecular complexity index is 428. The molecule has 2 saturated carbocycles. The number of nitrogens with zero attached hydrogens (tertiary/aromatic N) is 2. The molecule has 3 fully saturated rings. The highest BCUT2D eigenvalue weighted by Gasteiger charge is 2.49. The minimum atomic E-state index is 0.439. The number of hydrogen-bond acceptors (Lipinski definition) is 2. The van der Waals surface area contributed by atoms with Gasteiger partial charge in [-0.15, -0.1) is 0 Å². The first kappa shape index (κ1) is 19.7. The van der Waals surface area contributed by atoms with Gasteiger partial charge in [0, 0.05) is 39.3 Å². The first-order valence-corrected chi connectivity index (χ1v) is 11.0. The number of rotatable bonds is 4. The van der Waals surface area contributed by atoms with Crippen LogP contribution in [0.4, 0.5) is 0 Å². The molecule has 2 heteroatoms. The Labute approximate surface area is 157 Å². The van der Waals surface area contributed by atoms with Crippen LogP contribution in [0.5, 0.6) is 0 Å². The second-order valence-corrected chi connectivity index (χ2v) is 12.3. The van der Waals surface area contributed by atoms with Crippen molar-refractivity contribution in [1.29, 1.82) is 0 Å². The standard InChI is InChI=1S/C23H44N2/c1-21(2,3)13-19-7-8-23(14-19)15-20(16-23)17-24-9-11-25(12-10-24)18-22(4,5)6/h19-20H,7-18H2,1-6H3. The molecule has 146 valence electrons. The molecular weight excluding hydrogens is 304 g/mol. The summed E-state index contributed by atoms with van der Waals surface area (Å²) in [6.07, 6.45) is 9.10. The predicted octanol–water partition coefficient (Wildman–Crippen LogP) is 5.28. The van der Waals surface area contributed by atoms with Crippen molar-refractivity contribution in [3.8, 4) is 0 Å². The maximum atomic E-state index is 2.76. The van der Waals surface area contributed by atoms with Gasteiger partial charge < -0.3 is 9.80 Å². The molecule has 1 heterocycles. The molecule has 0 aromatic heterocycles. The van der Waals surface area contributed by atoms with Crippen LogP contribution in [0.25, 0.3) is 0 Å². The molecule has 0 aromatic rings. The average Bonchev–Trinajstić information content (AvgIpc) is 2.80. The molecule has 0 N–H and O–H groups in total. The van der Waals surface area contributed by atoms with Gasteiger partial charge in [-0.3, -0.25) is 0 Å². The van der Waals surface area contributed by atoms with Crippen LogP contribution in [-0.2, 0) is 0 Å². The summed E-state index contributed by atoms with van der Waals surface area (Å²) in [4.78, 5) is 5.44. The largest absolute Gasteiger partial charge is 0.301 e. The summed E-state index contributed by atoms with van der Waals surface area (Å²) in [7, 11) is 0. The molecule has 0 bridgehead atoms. The first-order valence-electron chi connectivity index (χ1n) is 11.0. The molecule has 1 atom stereocenters. The third kappa shape index (κ3) is 5.70. The Morgan fingerprint density at radius 2 is 1.32 bits per heavy atom. The molecule has 25 heavy (non-hydrogen) atoms. The molecule has 1 aliphatic heterocycles. The van der Waals surface area contributed by atoms with Gasteiger partial charge in [-0.1, -0.05) is 41.5 Å². The summed E-state index contributed by atoms with van der Waals surface area (Å²) >= 11 is 0. The Balaban J connectivity index is 1.35. The van der Waals surface area contributed by atoms with Crippen molar-refractivity contribution >= 4 is 0 Å². The van der Waals surface area contributed by atoms with Gasteiger partial charge in [-0.2, -0.15) is 0 Å². The molecule has 2 aliphatic carbocycles. The molecule has 1 unspecified atom stereocenters. The lowest BCUT2D eigenvalue weighted by molar-refractivity contribution is 0.0138. The highest BCUT2D eigenvalue weighted by Crippen LogP contribution is 2.59. The van der Waals surface area contributed by atoms with Gasteiger partial charge >= 0.3 is 0 Å². The normalized spacial score (nSPS) is 35.3. The van der Waals surface area contributed by atoms with Gasteiger partial charge in [0.2, 0.25) is 0 Å². The van der Waals surface area contributed by atoms with E-state index in [1.807, 2.05) is 0 Å². The van der Waals surface area contributed by atoms with Crippen LogP contribution in [0.3, 0.4) is 0 Å². The molecule has 3 rings (SSSR count). The Morgan fingerprint density at radius 3 is 1.88 bits per heavy atom. The monoisotopic (exact) mass is 348 g/mol. The van der Waals surface area contributed by atoms with Gasteiger partial charge in [0.25, 0.3) is 0 Å². The van der Waals surface area contributed by atoms with Gasteiger partial charge in [0.05, 0.1) is 0 Å². The summed E-state index contributed by atoms with van der Waals surface area (Å²) in [5, 5.41) is 0. The molecule has 1 spiro atoms. The van der Waals surface area contributed by atoms with E-state index in [4.69, 9.17) is 0 Å². The molecule has 3 aliphatic rings. The fraction of sp³-hybridized carbons (Fsp3) is 1.00. The van der Waals surface area contributed by atoms with Crippen LogP contribution in [0.2, 0.25) is 0 Å². The third-order valence-electron chi connectivity index (χ3n) is 6.83. The lowest BCUT2D eigenvalue weighted by atomic mass is 9.60. The minimum absolute atomic E-state index is 0.439. The van der Waals surface area contributed by atoms with Crippen molar-refractivity contribution in [2.45, 2.75) is 80.1 Å². The van der Waals surface area contributed by atoms with Crippen molar-refractivity contribution in [3.63, 3.8) is 0 Å². The van der Waals surface area contributed by atoms with E-state index in [1.54, 1.807) is 6.42 Å². The van der Waals surface area contributed by atoms with E-state index in [-0.39, 0.29) is 0 Å². The van der Waals surface area contributed by atoms with E-state index in [2.05, 4.69) is 51.3 Å². The van der Waals surface area contributed by atoms with Crippen LogP contribution in [0.15, 0.2) is 0 Å². The summed E-state index contributed by atoms with van der Waals surface area (Å²) in [5.41, 5.74) is 1.73. The Kier molecular flexibility index (Phi) is 5.63. The quantitative estimate of drug-likeness (QED) is 0.682. The SMILES string of the molecule is CC(C)(C)CC1CCC2(C1)CC(CN1CCN(CC(C)(C)C)CC1)C2. The summed E-state index contributed by atoms with van der Waals surface area (Å²) in [6, 6.07) is 0. The van der Waals surface area contributed by atoms with Crippen LogP contribution >= 0.6 is 0 Å². The summed E-state index contributed by atoms with van der Waals surface area (Å²) in [5.74, 6) is 2.02. The van der Waals surface area contributed by atoms with Gasteiger partial charge in [0.15, 0.2) is 0 Å². The van der Waals surface area contributed by atoms with Crippen LogP contribution in [0, 0.1) is 28.1 Å². The smallest absolute Gasteiger partial charge is 0.0110 e. The predicted molar refractivity (Wildman–Crippen MR) is 109 cm³/mol. The topological polar surface area (TPSA) is 6.48 Å². The van der Waals surface area contributed by atoms with Crippen molar-refractivity contribution in [1.82, 2.24) is 9.80 Å². The molecule has 1 saturated heterocycles. The average molecular weight is 349 g/mol. The highest BCUT2D eigenvalue weighted by atomic mass is 15.3. The van der Waals surface area contributed by atoms with E-state index in [0.717, 1.165) is 17.3 Å². The fourth-order valence-corrected chi connectivity index (χ4v) is 6.20. The zero-order valence-electron chi connectivity index (χ0n) is 18.0.